The average molecular weight is 508 g/mol. The van der Waals surface area contributed by atoms with E-state index >= 15 is 0 Å². The zero-order valence-electron chi connectivity index (χ0n) is 19.9. The summed E-state index contributed by atoms with van der Waals surface area (Å²) < 4.78 is 24.7. The van der Waals surface area contributed by atoms with Crippen LogP contribution >= 0.6 is 11.8 Å². The minimum atomic E-state index is -0.633. The van der Waals surface area contributed by atoms with Crippen LogP contribution in [0.25, 0.3) is 5.70 Å². The Bertz CT molecular complexity index is 1240. The van der Waals surface area contributed by atoms with Crippen molar-refractivity contribution in [1.82, 2.24) is 9.80 Å². The van der Waals surface area contributed by atoms with E-state index < -0.39 is 12.0 Å². The van der Waals surface area contributed by atoms with Crippen LogP contribution < -0.4 is 0 Å². The summed E-state index contributed by atoms with van der Waals surface area (Å²) >= 11 is 1.41. The lowest BCUT2D eigenvalue weighted by Crippen LogP contribution is -2.42. The van der Waals surface area contributed by atoms with Gasteiger partial charge in [0.1, 0.15) is 5.82 Å². The summed E-state index contributed by atoms with van der Waals surface area (Å²) in [5.41, 5.74) is 3.08. The maximum Gasteiger partial charge on any atom is 0.338 e. The minimum Gasteiger partial charge on any atom is -0.463 e. The van der Waals surface area contributed by atoms with Crippen molar-refractivity contribution in [2.45, 2.75) is 19.4 Å². The summed E-state index contributed by atoms with van der Waals surface area (Å²) in [6.07, 6.45) is 0.153. The molecule has 0 N–H and O–H groups in total. The first-order chi connectivity index (χ1) is 17.6. The van der Waals surface area contributed by atoms with Crippen molar-refractivity contribution in [3.8, 4) is 0 Å². The van der Waals surface area contributed by atoms with Gasteiger partial charge >= 0.3 is 5.97 Å². The molecule has 7 nitrogen and oxygen atoms in total. The maximum absolute atomic E-state index is 13.9. The number of nitrogens with zero attached hydrogens (tertiary/aromatic N) is 3. The Balaban J connectivity index is 1.60. The van der Waals surface area contributed by atoms with Crippen molar-refractivity contribution in [2.75, 3.05) is 32.9 Å². The van der Waals surface area contributed by atoms with E-state index in [-0.39, 0.29) is 24.8 Å². The molecule has 0 radical (unpaired) electrons. The molecule has 3 aliphatic rings. The first kappa shape index (κ1) is 24.3. The number of amides is 1. The number of aliphatic imine (C=N–C) groups is 1. The van der Waals surface area contributed by atoms with Crippen molar-refractivity contribution in [3.63, 3.8) is 0 Å². The number of fused-ring (bicyclic) bond motifs is 1. The average Bonchev–Trinajstić information content (AvgIpc) is 3.31. The second-order valence-corrected chi connectivity index (χ2v) is 9.30. The molecule has 1 atom stereocenters. The van der Waals surface area contributed by atoms with Gasteiger partial charge in [0.25, 0.3) is 0 Å². The molecule has 5 rings (SSSR count). The first-order valence-electron chi connectivity index (χ1n) is 11.9. The molecule has 1 unspecified atom stereocenters. The van der Waals surface area contributed by atoms with Gasteiger partial charge in [-0.15, -0.1) is 0 Å². The summed E-state index contributed by atoms with van der Waals surface area (Å²) in [6.45, 7) is 4.09. The fraction of sp³-hybridized carbons (Fsp3) is 0.296. The standard InChI is InChI=1S/C27H26FN3O4S/c1-2-35-26(33)23-24(18-6-4-3-5-7-18)29-27-31(25(23)19-8-10-20(28)11-9-19)21(17-36-27)16-22(32)30-12-14-34-15-13-30/h3-11,17,25H,2,12-16H2,1H3. The van der Waals surface area contributed by atoms with E-state index in [0.717, 1.165) is 11.3 Å². The van der Waals surface area contributed by atoms with Crippen molar-refractivity contribution >= 4 is 34.5 Å². The second kappa shape index (κ2) is 10.7. The Morgan fingerprint density at radius 2 is 1.83 bits per heavy atom. The number of carbonyl (C=O) groups excluding carboxylic acids is 2. The van der Waals surface area contributed by atoms with Crippen LogP contribution in [0.15, 0.2) is 76.3 Å². The Morgan fingerprint density at radius 3 is 2.53 bits per heavy atom. The highest BCUT2D eigenvalue weighted by molar-refractivity contribution is 8.16. The van der Waals surface area contributed by atoms with E-state index in [2.05, 4.69) is 0 Å². The Kier molecular flexibility index (Phi) is 7.20. The van der Waals surface area contributed by atoms with Crippen molar-refractivity contribution in [2.24, 2.45) is 4.99 Å². The topological polar surface area (TPSA) is 71.4 Å². The Labute approximate surface area is 213 Å². The molecule has 0 bridgehead atoms. The van der Waals surface area contributed by atoms with E-state index in [9.17, 15) is 14.0 Å². The van der Waals surface area contributed by atoms with Crippen molar-refractivity contribution < 1.29 is 23.5 Å². The molecule has 2 aromatic carbocycles. The zero-order valence-corrected chi connectivity index (χ0v) is 20.7. The highest BCUT2D eigenvalue weighted by Crippen LogP contribution is 2.47. The third-order valence-corrected chi connectivity index (χ3v) is 7.12. The molecular formula is C27H26FN3O4S. The number of ether oxygens (including phenoxy) is 2. The number of hydrogen-bond acceptors (Lipinski definition) is 7. The first-order valence-corrected chi connectivity index (χ1v) is 12.8. The summed E-state index contributed by atoms with van der Waals surface area (Å²) in [5.74, 6) is -0.883. The van der Waals surface area contributed by atoms with Crippen LogP contribution in [0.1, 0.15) is 30.5 Å². The number of esters is 1. The second-order valence-electron chi connectivity index (χ2n) is 8.46. The summed E-state index contributed by atoms with van der Waals surface area (Å²) in [4.78, 5) is 35.1. The molecule has 3 heterocycles. The van der Waals surface area contributed by atoms with Gasteiger partial charge in [-0.25, -0.2) is 14.2 Å². The number of carbonyl (C=O) groups is 2. The monoisotopic (exact) mass is 507 g/mol. The number of halogens is 1. The Hall–Kier alpha value is -3.43. The number of morpholine rings is 1. The van der Waals surface area contributed by atoms with Gasteiger partial charge in [-0.1, -0.05) is 54.2 Å². The molecule has 0 saturated carbocycles. The number of hydrogen-bond donors (Lipinski definition) is 0. The van der Waals surface area contributed by atoms with Gasteiger partial charge in [0.15, 0.2) is 5.17 Å². The molecule has 0 aliphatic carbocycles. The molecule has 9 heteroatoms. The molecular weight excluding hydrogens is 481 g/mol. The van der Waals surface area contributed by atoms with E-state index in [0.29, 0.717) is 48.3 Å². The number of thioether (sulfide) groups is 1. The molecule has 1 amide bonds. The van der Waals surface area contributed by atoms with Crippen LogP contribution in [0.4, 0.5) is 4.39 Å². The van der Waals surface area contributed by atoms with Gasteiger partial charge in [-0.05, 0) is 30.0 Å². The van der Waals surface area contributed by atoms with Crippen LogP contribution in [0.2, 0.25) is 0 Å². The summed E-state index contributed by atoms with van der Waals surface area (Å²) in [7, 11) is 0. The smallest absolute Gasteiger partial charge is 0.338 e. The van der Waals surface area contributed by atoms with Gasteiger partial charge in [0.05, 0.1) is 43.6 Å². The quantitative estimate of drug-likeness (QED) is 0.542. The largest absolute Gasteiger partial charge is 0.463 e. The van der Waals surface area contributed by atoms with Gasteiger partial charge in [-0.2, -0.15) is 0 Å². The van der Waals surface area contributed by atoms with Gasteiger partial charge in [0, 0.05) is 24.4 Å². The van der Waals surface area contributed by atoms with E-state index in [4.69, 9.17) is 14.5 Å². The van der Waals surface area contributed by atoms with E-state index in [1.807, 2.05) is 40.6 Å². The summed E-state index contributed by atoms with van der Waals surface area (Å²) in [6, 6.07) is 14.9. The fourth-order valence-electron chi connectivity index (χ4n) is 4.53. The van der Waals surface area contributed by atoms with Crippen LogP contribution in [0.3, 0.4) is 0 Å². The van der Waals surface area contributed by atoms with Crippen molar-refractivity contribution in [3.05, 3.63) is 88.2 Å². The molecule has 36 heavy (non-hydrogen) atoms. The van der Waals surface area contributed by atoms with Crippen molar-refractivity contribution in [1.29, 1.82) is 0 Å². The number of amidine groups is 1. The van der Waals surface area contributed by atoms with Crippen LogP contribution in [0, 0.1) is 5.82 Å². The molecule has 186 valence electrons. The molecule has 3 aliphatic heterocycles. The molecule has 1 fully saturated rings. The predicted octanol–water partition coefficient (Wildman–Crippen LogP) is 4.35. The zero-order chi connectivity index (χ0) is 25.1. The fourth-order valence-corrected chi connectivity index (χ4v) is 5.45. The van der Waals surface area contributed by atoms with Crippen LogP contribution in [-0.4, -0.2) is 59.8 Å². The lowest BCUT2D eigenvalue weighted by atomic mass is 9.91. The number of rotatable bonds is 6. The summed E-state index contributed by atoms with van der Waals surface area (Å²) in [5, 5.41) is 2.56. The van der Waals surface area contributed by atoms with Gasteiger partial charge in [0.2, 0.25) is 5.91 Å². The van der Waals surface area contributed by atoms with Gasteiger partial charge in [-0.3, -0.25) is 4.79 Å². The highest BCUT2D eigenvalue weighted by atomic mass is 32.2. The third kappa shape index (κ3) is 4.81. The minimum absolute atomic E-state index is 0.0141. The lowest BCUT2D eigenvalue weighted by Gasteiger charge is -2.37. The van der Waals surface area contributed by atoms with Gasteiger partial charge < -0.3 is 19.3 Å². The normalized spacial score (nSPS) is 19.6. The molecule has 0 spiro atoms. The maximum atomic E-state index is 13.9. The third-order valence-electron chi connectivity index (χ3n) is 6.23. The Morgan fingerprint density at radius 1 is 1.11 bits per heavy atom. The van der Waals surface area contributed by atoms with Crippen LogP contribution in [-0.2, 0) is 19.1 Å². The number of benzene rings is 2. The van der Waals surface area contributed by atoms with E-state index in [1.54, 1.807) is 24.0 Å². The van der Waals surface area contributed by atoms with E-state index in [1.165, 1.54) is 23.9 Å². The SMILES string of the molecule is CCOC(=O)C1=C(c2ccccc2)N=C2SC=C(CC(=O)N3CCOCC3)N2C1c1ccc(F)cc1. The molecule has 0 aromatic heterocycles. The highest BCUT2D eigenvalue weighted by Gasteiger charge is 2.42. The van der Waals surface area contributed by atoms with Crippen LogP contribution in [0.5, 0.6) is 0 Å². The lowest BCUT2D eigenvalue weighted by molar-refractivity contribution is -0.139. The molecule has 2 aromatic rings. The molecule has 1 saturated heterocycles. The predicted molar refractivity (Wildman–Crippen MR) is 136 cm³/mol.